The zero-order valence-electron chi connectivity index (χ0n) is 15.8. The molecule has 0 radical (unpaired) electrons. The highest BCUT2D eigenvalue weighted by Gasteiger charge is 2.11. The van der Waals surface area contributed by atoms with Crippen molar-refractivity contribution in [2.45, 2.75) is 19.6 Å². The smallest absolute Gasteiger partial charge is 0.307 e. The van der Waals surface area contributed by atoms with E-state index in [0.29, 0.717) is 24.5 Å². The predicted octanol–water partition coefficient (Wildman–Crippen LogP) is 3.67. The molecule has 0 aliphatic carbocycles. The molecule has 0 unspecified atom stereocenters. The second-order valence-electron chi connectivity index (χ2n) is 6.79. The van der Waals surface area contributed by atoms with Gasteiger partial charge in [-0.3, -0.25) is 4.79 Å². The Hall–Kier alpha value is -3.64. The average molecular weight is 387 g/mol. The molecule has 6 nitrogen and oxygen atoms in total. The van der Waals surface area contributed by atoms with Crippen LogP contribution in [0.5, 0.6) is 5.75 Å². The van der Waals surface area contributed by atoms with Crippen molar-refractivity contribution < 1.29 is 14.6 Å². The molecule has 4 rings (SSSR count). The highest BCUT2D eigenvalue weighted by molar-refractivity contribution is 5.78. The lowest BCUT2D eigenvalue weighted by atomic mass is 10.0. The summed E-state index contributed by atoms with van der Waals surface area (Å²) in [6.45, 7) is 0.788. The highest BCUT2D eigenvalue weighted by Crippen LogP contribution is 2.27. The summed E-state index contributed by atoms with van der Waals surface area (Å²) in [4.78, 5) is 15.6. The molecule has 2 heterocycles. The summed E-state index contributed by atoms with van der Waals surface area (Å²) in [5.74, 6) is -0.310. The van der Waals surface area contributed by atoms with E-state index in [1.165, 1.54) is 0 Å². The number of hydrogen-bond donors (Lipinski definition) is 2. The maximum Gasteiger partial charge on any atom is 0.307 e. The lowest BCUT2D eigenvalue weighted by Gasteiger charge is -2.13. The normalized spacial score (nSPS) is 10.9. The topological polar surface area (TPSA) is 89.8 Å². The van der Waals surface area contributed by atoms with Crippen LogP contribution in [0, 0.1) is 0 Å². The predicted molar refractivity (Wildman–Crippen MR) is 111 cm³/mol. The van der Waals surface area contributed by atoms with Crippen LogP contribution in [0.2, 0.25) is 0 Å². The molecule has 0 fully saturated rings. The minimum Gasteiger partial charge on any atom is -0.489 e. The first-order valence-electron chi connectivity index (χ1n) is 9.31. The number of para-hydroxylation sites is 1. The molecule has 0 atom stereocenters. The molecule has 2 aromatic carbocycles. The van der Waals surface area contributed by atoms with Gasteiger partial charge < -0.3 is 20.0 Å². The Balaban J connectivity index is 1.67. The van der Waals surface area contributed by atoms with Crippen molar-refractivity contribution in [2.75, 3.05) is 0 Å². The van der Waals surface area contributed by atoms with Crippen molar-refractivity contribution in [2.24, 2.45) is 5.73 Å². The molecule has 0 aliphatic rings. The fourth-order valence-electron chi connectivity index (χ4n) is 3.36. The Kier molecular flexibility index (Phi) is 5.27. The van der Waals surface area contributed by atoms with Gasteiger partial charge in [0.05, 0.1) is 6.42 Å². The van der Waals surface area contributed by atoms with E-state index in [4.69, 9.17) is 15.6 Å². The summed E-state index contributed by atoms with van der Waals surface area (Å²) < 4.78 is 7.93. The van der Waals surface area contributed by atoms with E-state index in [-0.39, 0.29) is 6.42 Å². The minimum absolute atomic E-state index is 0.0755. The lowest BCUT2D eigenvalue weighted by molar-refractivity contribution is -0.136. The largest absolute Gasteiger partial charge is 0.489 e. The lowest BCUT2D eigenvalue weighted by Crippen LogP contribution is -2.05. The van der Waals surface area contributed by atoms with E-state index in [9.17, 15) is 4.79 Å². The van der Waals surface area contributed by atoms with Crippen LogP contribution in [0.25, 0.3) is 16.8 Å². The number of ether oxygens (including phenoxy) is 1. The van der Waals surface area contributed by atoms with Crippen LogP contribution < -0.4 is 10.5 Å². The molecule has 0 saturated heterocycles. The molecule has 6 heteroatoms. The molecule has 0 aliphatic heterocycles. The molecule has 0 bridgehead atoms. The summed E-state index contributed by atoms with van der Waals surface area (Å²) >= 11 is 0. The second kappa shape index (κ2) is 8.16. The molecule has 0 saturated carbocycles. The molecule has 146 valence electrons. The first-order chi connectivity index (χ1) is 14.1. The monoisotopic (exact) mass is 387 g/mol. The van der Waals surface area contributed by atoms with Crippen molar-refractivity contribution in [3.63, 3.8) is 0 Å². The number of nitrogens with zero attached hydrogens (tertiary/aromatic N) is 2. The van der Waals surface area contributed by atoms with E-state index in [0.717, 1.165) is 27.9 Å². The van der Waals surface area contributed by atoms with Crippen LogP contribution >= 0.6 is 0 Å². The van der Waals surface area contributed by atoms with Gasteiger partial charge in [-0.05, 0) is 29.3 Å². The fourth-order valence-corrected chi connectivity index (χ4v) is 3.36. The van der Waals surface area contributed by atoms with Crippen LogP contribution in [0.4, 0.5) is 0 Å². The molecule has 4 aromatic rings. The number of imidazole rings is 1. The third-order valence-corrected chi connectivity index (χ3v) is 4.73. The minimum atomic E-state index is -0.886. The Morgan fingerprint density at radius 3 is 2.79 bits per heavy atom. The standard InChI is InChI=1S/C23H21N3O3/c24-13-16-4-3-6-18(10-16)20-11-17(14-26-9-8-25-23(20)26)15-29-21-7-2-1-5-19(21)12-22(27)28/h1-11,14H,12-13,15,24H2,(H,27,28). The number of pyridine rings is 1. The third kappa shape index (κ3) is 4.12. The summed E-state index contributed by atoms with van der Waals surface area (Å²) in [7, 11) is 0. The van der Waals surface area contributed by atoms with Crippen molar-refractivity contribution in [3.05, 3.63) is 89.9 Å². The first kappa shape index (κ1) is 18.7. The number of rotatable bonds is 7. The van der Waals surface area contributed by atoms with Gasteiger partial charge in [0.2, 0.25) is 0 Å². The van der Waals surface area contributed by atoms with E-state index in [1.807, 2.05) is 47.1 Å². The molecule has 0 spiro atoms. The first-order valence-corrected chi connectivity index (χ1v) is 9.31. The highest BCUT2D eigenvalue weighted by atomic mass is 16.5. The number of aromatic nitrogens is 2. The Labute approximate surface area is 168 Å². The Morgan fingerprint density at radius 1 is 1.10 bits per heavy atom. The summed E-state index contributed by atoms with van der Waals surface area (Å²) in [5.41, 5.74) is 11.3. The van der Waals surface area contributed by atoms with Crippen LogP contribution in [-0.4, -0.2) is 20.5 Å². The summed E-state index contributed by atoms with van der Waals surface area (Å²) in [6, 6.07) is 17.4. The number of carboxylic acids is 1. The Morgan fingerprint density at radius 2 is 1.97 bits per heavy atom. The number of aliphatic carboxylic acids is 1. The van der Waals surface area contributed by atoms with Gasteiger partial charge in [-0.2, -0.15) is 0 Å². The van der Waals surface area contributed by atoms with Gasteiger partial charge in [0.25, 0.3) is 0 Å². The van der Waals surface area contributed by atoms with Gasteiger partial charge in [-0.25, -0.2) is 4.98 Å². The number of benzene rings is 2. The maximum atomic E-state index is 11.1. The Bertz CT molecular complexity index is 1170. The van der Waals surface area contributed by atoms with Gasteiger partial charge in [0, 0.05) is 41.8 Å². The quantitative estimate of drug-likeness (QED) is 0.505. The second-order valence-corrected chi connectivity index (χ2v) is 6.79. The van der Waals surface area contributed by atoms with Crippen molar-refractivity contribution in [1.82, 2.24) is 9.38 Å². The fraction of sp³-hybridized carbons (Fsp3) is 0.130. The van der Waals surface area contributed by atoms with Crippen LogP contribution in [0.1, 0.15) is 16.7 Å². The van der Waals surface area contributed by atoms with Crippen molar-refractivity contribution in [3.8, 4) is 16.9 Å². The van der Waals surface area contributed by atoms with Gasteiger partial charge in [0.1, 0.15) is 18.0 Å². The summed E-state index contributed by atoms with van der Waals surface area (Å²) in [5, 5.41) is 9.10. The van der Waals surface area contributed by atoms with Crippen LogP contribution in [0.15, 0.2) is 73.2 Å². The van der Waals surface area contributed by atoms with E-state index in [1.54, 1.807) is 18.3 Å². The molecule has 29 heavy (non-hydrogen) atoms. The van der Waals surface area contributed by atoms with E-state index < -0.39 is 5.97 Å². The van der Waals surface area contributed by atoms with Crippen molar-refractivity contribution >= 4 is 11.6 Å². The van der Waals surface area contributed by atoms with Crippen molar-refractivity contribution in [1.29, 1.82) is 0 Å². The van der Waals surface area contributed by atoms with Gasteiger partial charge in [0.15, 0.2) is 0 Å². The molecule has 3 N–H and O–H groups in total. The average Bonchev–Trinajstić information content (AvgIpc) is 3.21. The van der Waals surface area contributed by atoms with E-state index >= 15 is 0 Å². The molecule has 0 amide bonds. The molecular formula is C23H21N3O3. The zero-order valence-corrected chi connectivity index (χ0v) is 15.8. The number of carboxylic acid groups (broad SMARTS) is 1. The number of nitrogens with two attached hydrogens (primary N) is 1. The zero-order chi connectivity index (χ0) is 20.2. The third-order valence-electron chi connectivity index (χ3n) is 4.73. The summed E-state index contributed by atoms with van der Waals surface area (Å²) in [6.07, 6.45) is 5.55. The van der Waals surface area contributed by atoms with Gasteiger partial charge in [-0.1, -0.05) is 36.4 Å². The maximum absolute atomic E-state index is 11.1. The van der Waals surface area contributed by atoms with Crippen LogP contribution in [-0.2, 0) is 24.4 Å². The van der Waals surface area contributed by atoms with Gasteiger partial charge in [-0.15, -0.1) is 0 Å². The van der Waals surface area contributed by atoms with E-state index in [2.05, 4.69) is 17.1 Å². The SMILES string of the molecule is NCc1cccc(-c2cc(COc3ccccc3CC(=O)O)cn3ccnc23)c1. The van der Waals surface area contributed by atoms with Gasteiger partial charge >= 0.3 is 5.97 Å². The molecular weight excluding hydrogens is 366 g/mol. The number of hydrogen-bond acceptors (Lipinski definition) is 4. The van der Waals surface area contributed by atoms with Crippen LogP contribution in [0.3, 0.4) is 0 Å². The number of carbonyl (C=O) groups is 1. The molecule has 2 aromatic heterocycles. The number of fused-ring (bicyclic) bond motifs is 1.